The van der Waals surface area contributed by atoms with Gasteiger partial charge in [0.2, 0.25) is 0 Å². The van der Waals surface area contributed by atoms with E-state index in [4.69, 9.17) is 15.0 Å². The van der Waals surface area contributed by atoms with E-state index in [0.29, 0.717) is 17.5 Å². The van der Waals surface area contributed by atoms with Crippen LogP contribution in [0.3, 0.4) is 0 Å². The number of aromatic nitrogens is 5. The van der Waals surface area contributed by atoms with E-state index >= 15 is 0 Å². The van der Waals surface area contributed by atoms with Crippen molar-refractivity contribution in [1.82, 2.24) is 24.9 Å². The molecule has 0 aliphatic carbocycles. The summed E-state index contributed by atoms with van der Waals surface area (Å²) >= 11 is 0. The third-order valence-corrected chi connectivity index (χ3v) is 7.50. The molecule has 0 N–H and O–H groups in total. The maximum Gasteiger partial charge on any atom is 0.165 e. The van der Waals surface area contributed by atoms with E-state index in [-0.39, 0.29) is 5.41 Å². The molecule has 1 aliphatic rings. The maximum absolute atomic E-state index is 4.84. The van der Waals surface area contributed by atoms with Crippen molar-refractivity contribution >= 4 is 17.1 Å². The van der Waals surface area contributed by atoms with E-state index in [2.05, 4.69) is 102 Å². The van der Waals surface area contributed by atoms with E-state index in [1.54, 1.807) is 24.8 Å². The molecular formula is C34H26N6. The second-order valence-corrected chi connectivity index (χ2v) is 10.3. The molecule has 0 unspecified atom stereocenters. The lowest BCUT2D eigenvalue weighted by Gasteiger charge is -2.42. The number of para-hydroxylation sites is 2. The minimum atomic E-state index is -0.0973. The van der Waals surface area contributed by atoms with Crippen LogP contribution in [0.5, 0.6) is 0 Å². The Morgan fingerprint density at radius 3 is 1.45 bits per heavy atom. The minimum absolute atomic E-state index is 0.0973. The number of benzene rings is 3. The lowest BCUT2D eigenvalue weighted by molar-refractivity contribution is 0.632. The molecule has 0 amide bonds. The van der Waals surface area contributed by atoms with Crippen molar-refractivity contribution in [3.05, 3.63) is 133 Å². The van der Waals surface area contributed by atoms with Crippen molar-refractivity contribution in [3.8, 4) is 34.2 Å². The molecule has 6 heteroatoms. The number of nitrogens with zero attached hydrogens (tertiary/aromatic N) is 6. The second-order valence-electron chi connectivity index (χ2n) is 10.3. The van der Waals surface area contributed by atoms with Crippen LogP contribution in [0.1, 0.15) is 25.0 Å². The van der Waals surface area contributed by atoms with Crippen LogP contribution in [0.2, 0.25) is 0 Å². The van der Waals surface area contributed by atoms with Crippen LogP contribution in [0, 0.1) is 0 Å². The Kier molecular flexibility index (Phi) is 5.67. The van der Waals surface area contributed by atoms with Gasteiger partial charge in [0, 0.05) is 52.6 Å². The summed E-state index contributed by atoms with van der Waals surface area (Å²) in [5.74, 6) is 1.74. The van der Waals surface area contributed by atoms with Crippen molar-refractivity contribution in [1.29, 1.82) is 0 Å². The third kappa shape index (κ3) is 4.01. The van der Waals surface area contributed by atoms with E-state index in [1.807, 2.05) is 24.3 Å². The molecule has 0 saturated carbocycles. The lowest BCUT2D eigenvalue weighted by Crippen LogP contribution is -2.30. The van der Waals surface area contributed by atoms with Crippen molar-refractivity contribution in [2.75, 3.05) is 4.90 Å². The van der Waals surface area contributed by atoms with Crippen LogP contribution in [0.15, 0.2) is 122 Å². The second kappa shape index (κ2) is 9.50. The highest BCUT2D eigenvalue weighted by Crippen LogP contribution is 2.51. The van der Waals surface area contributed by atoms with E-state index < -0.39 is 0 Å². The molecular weight excluding hydrogens is 492 g/mol. The predicted molar refractivity (Wildman–Crippen MR) is 159 cm³/mol. The average molecular weight is 519 g/mol. The Bertz CT molecular complexity index is 1710. The van der Waals surface area contributed by atoms with Gasteiger partial charge in [-0.2, -0.15) is 0 Å². The monoisotopic (exact) mass is 518 g/mol. The molecule has 6 nitrogen and oxygen atoms in total. The summed E-state index contributed by atoms with van der Waals surface area (Å²) < 4.78 is 0. The van der Waals surface area contributed by atoms with Gasteiger partial charge >= 0.3 is 0 Å². The van der Waals surface area contributed by atoms with Crippen molar-refractivity contribution in [2.45, 2.75) is 19.3 Å². The zero-order valence-electron chi connectivity index (χ0n) is 22.2. The van der Waals surface area contributed by atoms with E-state index in [1.165, 1.54) is 22.5 Å². The summed E-state index contributed by atoms with van der Waals surface area (Å²) in [5.41, 5.74) is 8.53. The Morgan fingerprint density at radius 1 is 0.500 bits per heavy atom. The molecule has 1 aliphatic heterocycles. The number of pyridine rings is 2. The molecule has 192 valence electrons. The molecule has 4 heterocycles. The van der Waals surface area contributed by atoms with Gasteiger partial charge in [0.1, 0.15) is 0 Å². The molecule has 0 atom stereocenters. The highest BCUT2D eigenvalue weighted by molar-refractivity contribution is 5.86. The molecule has 3 aromatic carbocycles. The molecule has 0 radical (unpaired) electrons. The van der Waals surface area contributed by atoms with Gasteiger partial charge in [0.05, 0.1) is 11.4 Å². The first-order chi connectivity index (χ1) is 19.6. The van der Waals surface area contributed by atoms with Crippen LogP contribution in [0.4, 0.5) is 17.1 Å². The van der Waals surface area contributed by atoms with Crippen molar-refractivity contribution in [2.24, 2.45) is 0 Å². The standard InChI is InChI=1S/C34H26N6/c1-34(2)27-11-3-5-13-29(27)40(30-14-6-4-12-28(30)34)26-17-15-23(16-18-26)31-37-32(24-9-7-19-35-21-24)39-33(38-31)25-10-8-20-36-22-25/h3-22H,1-2H3. The highest BCUT2D eigenvalue weighted by atomic mass is 15.2. The van der Waals surface area contributed by atoms with Crippen LogP contribution >= 0.6 is 0 Å². The van der Waals surface area contributed by atoms with Crippen LogP contribution in [-0.4, -0.2) is 24.9 Å². The third-order valence-electron chi connectivity index (χ3n) is 7.50. The molecule has 40 heavy (non-hydrogen) atoms. The molecule has 6 aromatic rings. The SMILES string of the molecule is CC1(C)c2ccccc2N(c2ccc(-c3nc(-c4cccnc4)nc(-c4cccnc4)n3)cc2)c2ccccc21. The van der Waals surface area contributed by atoms with E-state index in [9.17, 15) is 0 Å². The Labute approximate surface area is 233 Å². The van der Waals surface area contributed by atoms with Crippen molar-refractivity contribution in [3.63, 3.8) is 0 Å². The van der Waals surface area contributed by atoms with Gasteiger partial charge in [-0.05, 0) is 71.8 Å². The summed E-state index contributed by atoms with van der Waals surface area (Å²) in [6.07, 6.45) is 7.01. The van der Waals surface area contributed by atoms with Crippen molar-refractivity contribution < 1.29 is 0 Å². The van der Waals surface area contributed by atoms with E-state index in [0.717, 1.165) is 22.4 Å². The summed E-state index contributed by atoms with van der Waals surface area (Å²) in [5, 5.41) is 0. The first kappa shape index (κ1) is 23.9. The summed E-state index contributed by atoms with van der Waals surface area (Å²) in [6.45, 7) is 4.59. The Hall–Kier alpha value is -5.23. The first-order valence-electron chi connectivity index (χ1n) is 13.3. The number of fused-ring (bicyclic) bond motifs is 2. The molecule has 0 saturated heterocycles. The van der Waals surface area contributed by atoms with Gasteiger partial charge in [0.25, 0.3) is 0 Å². The molecule has 3 aromatic heterocycles. The number of hydrogen-bond donors (Lipinski definition) is 0. The van der Waals surface area contributed by atoms with Gasteiger partial charge in [-0.1, -0.05) is 50.2 Å². The van der Waals surface area contributed by atoms with Gasteiger partial charge < -0.3 is 4.90 Å². The van der Waals surface area contributed by atoms with Gasteiger partial charge in [-0.3, -0.25) is 9.97 Å². The molecule has 0 fully saturated rings. The first-order valence-corrected chi connectivity index (χ1v) is 13.3. The average Bonchev–Trinajstić information content (AvgIpc) is 3.02. The Balaban J connectivity index is 1.34. The zero-order chi connectivity index (χ0) is 27.1. The van der Waals surface area contributed by atoms with Crippen LogP contribution in [0.25, 0.3) is 34.2 Å². The number of anilines is 3. The fourth-order valence-corrected chi connectivity index (χ4v) is 5.46. The smallest absolute Gasteiger partial charge is 0.165 e. The molecule has 0 spiro atoms. The maximum atomic E-state index is 4.84. The highest BCUT2D eigenvalue weighted by Gasteiger charge is 2.36. The normalized spacial score (nSPS) is 13.4. The summed E-state index contributed by atoms with van der Waals surface area (Å²) in [4.78, 5) is 25.3. The fraction of sp³-hybridized carbons (Fsp3) is 0.0882. The van der Waals surface area contributed by atoms with Gasteiger partial charge in [-0.25, -0.2) is 15.0 Å². The molecule has 7 rings (SSSR count). The Morgan fingerprint density at radius 2 is 0.975 bits per heavy atom. The van der Waals surface area contributed by atoms with Gasteiger partial charge in [-0.15, -0.1) is 0 Å². The van der Waals surface area contributed by atoms with Gasteiger partial charge in [0.15, 0.2) is 17.5 Å². The number of hydrogen-bond acceptors (Lipinski definition) is 6. The minimum Gasteiger partial charge on any atom is -0.310 e. The fourth-order valence-electron chi connectivity index (χ4n) is 5.46. The predicted octanol–water partition coefficient (Wildman–Crippen LogP) is 7.77. The van der Waals surface area contributed by atoms with Crippen LogP contribution in [-0.2, 0) is 5.41 Å². The largest absolute Gasteiger partial charge is 0.310 e. The zero-order valence-corrected chi connectivity index (χ0v) is 22.2. The lowest BCUT2D eigenvalue weighted by atomic mass is 9.73. The number of rotatable bonds is 4. The summed E-state index contributed by atoms with van der Waals surface area (Å²) in [6, 6.07) is 33.4. The van der Waals surface area contributed by atoms with Crippen LogP contribution < -0.4 is 4.90 Å². The molecule has 0 bridgehead atoms. The summed E-state index contributed by atoms with van der Waals surface area (Å²) in [7, 11) is 0. The quantitative estimate of drug-likeness (QED) is 0.237. The topological polar surface area (TPSA) is 67.7 Å².